The molecular weight excluding hydrogens is 112 g/mol. The molecule has 4 heteroatoms. The summed E-state index contributed by atoms with van der Waals surface area (Å²) >= 11 is 0. The summed E-state index contributed by atoms with van der Waals surface area (Å²) in [6, 6.07) is 0. The Labute approximate surface area is 45.7 Å². The van der Waals surface area contributed by atoms with Crippen LogP contribution in [-0.2, 0) is 9.59 Å². The van der Waals surface area contributed by atoms with Crippen molar-refractivity contribution < 1.29 is 19.8 Å². The quantitative estimate of drug-likeness (QED) is 0.457. The first kappa shape index (κ1) is 7.10. The smallest absolute Gasteiger partial charge is 0.374 e. The van der Waals surface area contributed by atoms with Gasteiger partial charge in [0.25, 0.3) is 5.78 Å². The topological polar surface area (TPSA) is 74.6 Å². The lowest BCUT2D eigenvalue weighted by Gasteiger charge is -1.93. The molecule has 0 aromatic heterocycles. The number of ketones is 1. The number of carboxylic acid groups (broad SMARTS) is 1. The first-order valence-electron chi connectivity index (χ1n) is 2.01. The maximum Gasteiger partial charge on any atom is 0.374 e. The fraction of sp³-hybridized carbons (Fsp3) is 0.500. The van der Waals surface area contributed by atoms with Crippen molar-refractivity contribution >= 4 is 11.8 Å². The molecule has 0 aliphatic rings. The van der Waals surface area contributed by atoms with Crippen LogP contribution in [0.3, 0.4) is 0 Å². The second-order valence-corrected chi connectivity index (χ2v) is 1.35. The van der Waals surface area contributed by atoms with Crippen LogP contribution in [0.5, 0.6) is 0 Å². The van der Waals surface area contributed by atoms with E-state index in [1.165, 1.54) is 0 Å². The van der Waals surface area contributed by atoms with Gasteiger partial charge in [-0.1, -0.05) is 0 Å². The predicted molar refractivity (Wildman–Crippen MR) is 24.3 cm³/mol. The molecule has 0 radical (unpaired) electrons. The Morgan fingerprint density at radius 2 is 1.88 bits per heavy atom. The zero-order chi connectivity index (χ0) is 6.73. The lowest BCUT2D eigenvalue weighted by atomic mass is 10.3. The van der Waals surface area contributed by atoms with Crippen LogP contribution in [0, 0.1) is 0 Å². The van der Waals surface area contributed by atoms with E-state index in [0.29, 0.717) is 0 Å². The normalized spacial score (nSPS) is 12.8. The van der Waals surface area contributed by atoms with Gasteiger partial charge in [-0.15, -0.1) is 0 Å². The van der Waals surface area contributed by atoms with Crippen LogP contribution in [-0.4, -0.2) is 28.1 Å². The van der Waals surface area contributed by atoms with E-state index in [1.54, 1.807) is 0 Å². The lowest BCUT2D eigenvalue weighted by Crippen LogP contribution is -2.24. The lowest BCUT2D eigenvalue weighted by molar-refractivity contribution is -0.152. The molecule has 0 saturated carbocycles. The Hall–Kier alpha value is -0.900. The minimum absolute atomic E-state index is 1.11. The third-order valence-corrected chi connectivity index (χ3v) is 0.590. The Morgan fingerprint density at radius 1 is 1.50 bits per heavy atom. The van der Waals surface area contributed by atoms with E-state index in [-0.39, 0.29) is 0 Å². The van der Waals surface area contributed by atoms with Gasteiger partial charge in [-0.2, -0.15) is 0 Å². The molecule has 0 aromatic rings. The van der Waals surface area contributed by atoms with Crippen molar-refractivity contribution in [3.05, 3.63) is 0 Å². The molecule has 0 aromatic carbocycles. The molecule has 0 fully saturated rings. The first-order chi connectivity index (χ1) is 3.55. The van der Waals surface area contributed by atoms with E-state index in [1.807, 2.05) is 0 Å². The second kappa shape index (κ2) is 2.42. The van der Waals surface area contributed by atoms with Crippen molar-refractivity contribution in [1.29, 1.82) is 0 Å². The minimum atomic E-state index is -1.60. The number of aliphatic carboxylic acids is 1. The standard InChI is InChI=1S/C4H6O4/c1-2(5)3(6)4(7)8/h2,5H,1H3,(H,7,8). The second-order valence-electron chi connectivity index (χ2n) is 1.35. The van der Waals surface area contributed by atoms with Crippen LogP contribution in [0.15, 0.2) is 0 Å². The van der Waals surface area contributed by atoms with Crippen molar-refractivity contribution in [3.8, 4) is 0 Å². The number of carbonyl (C=O) groups excluding carboxylic acids is 1. The summed E-state index contributed by atoms with van der Waals surface area (Å²) in [5.74, 6) is -2.77. The van der Waals surface area contributed by atoms with Gasteiger partial charge in [-0.3, -0.25) is 4.79 Å². The molecule has 0 saturated heterocycles. The highest BCUT2D eigenvalue weighted by molar-refractivity contribution is 6.34. The molecule has 46 valence electrons. The van der Waals surface area contributed by atoms with Gasteiger partial charge in [-0.25, -0.2) is 4.79 Å². The number of aliphatic hydroxyl groups is 1. The van der Waals surface area contributed by atoms with E-state index in [4.69, 9.17) is 10.2 Å². The highest BCUT2D eigenvalue weighted by atomic mass is 16.4. The van der Waals surface area contributed by atoms with E-state index in [9.17, 15) is 9.59 Å². The van der Waals surface area contributed by atoms with Crippen molar-refractivity contribution in [2.24, 2.45) is 0 Å². The van der Waals surface area contributed by atoms with Crippen LogP contribution in [0.1, 0.15) is 6.92 Å². The molecular formula is C4H6O4. The number of carboxylic acids is 1. The number of rotatable bonds is 2. The van der Waals surface area contributed by atoms with E-state index >= 15 is 0 Å². The molecule has 2 N–H and O–H groups in total. The summed E-state index contributed by atoms with van der Waals surface area (Å²) in [7, 11) is 0. The van der Waals surface area contributed by atoms with Gasteiger partial charge in [0.2, 0.25) is 0 Å². The Balaban J connectivity index is 3.84. The molecule has 0 amide bonds. The largest absolute Gasteiger partial charge is 0.475 e. The van der Waals surface area contributed by atoms with Crippen LogP contribution in [0.4, 0.5) is 0 Å². The van der Waals surface area contributed by atoms with Gasteiger partial charge in [-0.05, 0) is 6.92 Å². The molecule has 1 atom stereocenters. The highest BCUT2D eigenvalue weighted by Crippen LogP contribution is 1.81. The summed E-state index contributed by atoms with van der Waals surface area (Å²) in [6.07, 6.45) is -1.40. The summed E-state index contributed by atoms with van der Waals surface area (Å²) in [6.45, 7) is 1.11. The number of hydrogen-bond donors (Lipinski definition) is 2. The van der Waals surface area contributed by atoms with Crippen molar-refractivity contribution in [1.82, 2.24) is 0 Å². The molecule has 4 nitrogen and oxygen atoms in total. The molecule has 0 spiro atoms. The number of hydrogen-bond acceptors (Lipinski definition) is 3. The average molecular weight is 118 g/mol. The maximum atomic E-state index is 9.99. The summed E-state index contributed by atoms with van der Waals surface area (Å²) < 4.78 is 0. The van der Waals surface area contributed by atoms with Crippen molar-refractivity contribution in [3.63, 3.8) is 0 Å². The van der Waals surface area contributed by atoms with Gasteiger partial charge < -0.3 is 10.2 Å². The Kier molecular flexibility index (Phi) is 2.15. The minimum Gasteiger partial charge on any atom is -0.475 e. The van der Waals surface area contributed by atoms with Gasteiger partial charge in [0.15, 0.2) is 0 Å². The van der Waals surface area contributed by atoms with Crippen LogP contribution < -0.4 is 0 Å². The Bertz CT molecular complexity index is 115. The SMILES string of the molecule is CC(O)C(=O)C(=O)O. The molecule has 1 unspecified atom stereocenters. The van der Waals surface area contributed by atoms with Crippen LogP contribution in [0.25, 0.3) is 0 Å². The zero-order valence-electron chi connectivity index (χ0n) is 4.29. The van der Waals surface area contributed by atoms with E-state index in [0.717, 1.165) is 6.92 Å². The molecule has 0 heterocycles. The summed E-state index contributed by atoms with van der Waals surface area (Å²) in [4.78, 5) is 19.6. The molecule has 0 bridgehead atoms. The molecule has 0 aliphatic carbocycles. The third-order valence-electron chi connectivity index (χ3n) is 0.590. The Morgan fingerprint density at radius 3 is 1.88 bits per heavy atom. The molecule has 0 rings (SSSR count). The number of carbonyl (C=O) groups is 2. The fourth-order valence-electron chi connectivity index (χ4n) is 0.179. The van der Waals surface area contributed by atoms with Gasteiger partial charge in [0.05, 0.1) is 0 Å². The first-order valence-corrected chi connectivity index (χ1v) is 2.01. The number of Topliss-reactive ketones (excluding diaryl/α,β-unsaturated/α-hetero) is 1. The molecule has 8 heavy (non-hydrogen) atoms. The fourth-order valence-corrected chi connectivity index (χ4v) is 0.179. The van der Waals surface area contributed by atoms with Gasteiger partial charge >= 0.3 is 5.97 Å². The maximum absolute atomic E-state index is 9.99. The van der Waals surface area contributed by atoms with Crippen molar-refractivity contribution in [2.75, 3.05) is 0 Å². The summed E-state index contributed by atoms with van der Waals surface area (Å²) in [5, 5.41) is 16.1. The highest BCUT2D eigenvalue weighted by Gasteiger charge is 2.16. The zero-order valence-corrected chi connectivity index (χ0v) is 4.29. The van der Waals surface area contributed by atoms with Crippen molar-refractivity contribution in [2.45, 2.75) is 13.0 Å². The van der Waals surface area contributed by atoms with Gasteiger partial charge in [0, 0.05) is 0 Å². The third kappa shape index (κ3) is 1.70. The summed E-state index contributed by atoms with van der Waals surface area (Å²) in [5.41, 5.74) is 0. The van der Waals surface area contributed by atoms with Gasteiger partial charge in [0.1, 0.15) is 6.10 Å². The molecule has 0 aliphatic heterocycles. The average Bonchev–Trinajstić information content (AvgIpc) is 1.64. The van der Waals surface area contributed by atoms with E-state index < -0.39 is 17.9 Å². The van der Waals surface area contributed by atoms with E-state index in [2.05, 4.69) is 0 Å². The monoisotopic (exact) mass is 118 g/mol. The predicted octanol–water partition coefficient (Wildman–Crippen LogP) is -0.979. The van der Waals surface area contributed by atoms with Crippen LogP contribution >= 0.6 is 0 Å². The number of aliphatic hydroxyl groups excluding tert-OH is 1. The van der Waals surface area contributed by atoms with Crippen LogP contribution in [0.2, 0.25) is 0 Å².